The van der Waals surface area contributed by atoms with Crippen molar-refractivity contribution in [1.82, 2.24) is 0 Å². The summed E-state index contributed by atoms with van der Waals surface area (Å²) in [6, 6.07) is 20.4. The zero-order valence-electron chi connectivity index (χ0n) is 14.1. The van der Waals surface area contributed by atoms with Crippen molar-refractivity contribution in [1.29, 1.82) is 0 Å². The maximum absolute atomic E-state index is 5.58. The van der Waals surface area contributed by atoms with Gasteiger partial charge in [-0.05, 0) is 72.9 Å². The van der Waals surface area contributed by atoms with Gasteiger partial charge in [0, 0.05) is 0 Å². The molecule has 0 unspecified atom stereocenters. The Morgan fingerprint density at radius 3 is 1.44 bits per heavy atom. The Morgan fingerprint density at radius 2 is 1.12 bits per heavy atom. The summed E-state index contributed by atoms with van der Waals surface area (Å²) >= 11 is 13.9. The van der Waals surface area contributed by atoms with Gasteiger partial charge in [0.05, 0.1) is 13.2 Å². The molecule has 0 aliphatic carbocycles. The van der Waals surface area contributed by atoms with E-state index in [1.165, 1.54) is 23.5 Å². The molecule has 0 aromatic heterocycles. The molecular weight excluding hydrogens is 388 g/mol. The van der Waals surface area contributed by atoms with Crippen molar-refractivity contribution < 1.29 is 9.47 Å². The molecular formula is C19H20O2S4. The Bertz CT molecular complexity index is 628. The molecule has 0 fully saturated rings. The zero-order valence-corrected chi connectivity index (χ0v) is 17.4. The lowest BCUT2D eigenvalue weighted by molar-refractivity contribution is 0.345. The molecule has 25 heavy (non-hydrogen) atoms. The average Bonchev–Trinajstić information content (AvgIpc) is 2.63. The van der Waals surface area contributed by atoms with E-state index in [1.807, 2.05) is 50.2 Å². The largest absolute Gasteiger partial charge is 0.479 e. The summed E-state index contributed by atoms with van der Waals surface area (Å²) in [6.45, 7) is 4.92. The Morgan fingerprint density at radius 1 is 0.760 bits per heavy atom. The van der Waals surface area contributed by atoms with Crippen LogP contribution in [0.2, 0.25) is 0 Å². The van der Waals surface area contributed by atoms with Crippen LogP contribution in [-0.4, -0.2) is 22.0 Å². The van der Waals surface area contributed by atoms with E-state index in [2.05, 4.69) is 24.3 Å². The van der Waals surface area contributed by atoms with Gasteiger partial charge >= 0.3 is 0 Å². The van der Waals surface area contributed by atoms with Crippen LogP contribution < -0.4 is 0 Å². The fourth-order valence-corrected chi connectivity index (χ4v) is 6.03. The van der Waals surface area contributed by atoms with Gasteiger partial charge < -0.3 is 9.47 Å². The summed E-state index contributed by atoms with van der Waals surface area (Å²) < 4.78 is 11.6. The highest BCUT2D eigenvalue weighted by Gasteiger charge is 2.40. The predicted molar refractivity (Wildman–Crippen MR) is 117 cm³/mol. The number of hydrogen-bond acceptors (Lipinski definition) is 6. The first-order chi connectivity index (χ1) is 12.1. The molecule has 2 aromatic carbocycles. The van der Waals surface area contributed by atoms with Gasteiger partial charge in [0.1, 0.15) is 4.08 Å². The molecule has 6 heteroatoms. The van der Waals surface area contributed by atoms with E-state index in [9.17, 15) is 0 Å². The SMILES string of the molecule is CCOC(=S)SC(SC(=S)OCC)(c1ccccc1)c1ccccc1. The van der Waals surface area contributed by atoms with Gasteiger partial charge in [0.2, 0.25) is 8.77 Å². The van der Waals surface area contributed by atoms with Crippen molar-refractivity contribution in [2.24, 2.45) is 0 Å². The van der Waals surface area contributed by atoms with Gasteiger partial charge in [-0.25, -0.2) is 0 Å². The molecule has 0 atom stereocenters. The van der Waals surface area contributed by atoms with Crippen LogP contribution in [-0.2, 0) is 13.6 Å². The number of ether oxygens (including phenoxy) is 2. The summed E-state index contributed by atoms with van der Waals surface area (Å²) in [7, 11) is 0. The van der Waals surface area contributed by atoms with Crippen molar-refractivity contribution in [3.05, 3.63) is 71.8 Å². The third-order valence-corrected chi connectivity index (χ3v) is 6.61. The first-order valence-electron chi connectivity index (χ1n) is 7.95. The molecule has 2 aromatic rings. The highest BCUT2D eigenvalue weighted by atomic mass is 32.2. The van der Waals surface area contributed by atoms with Crippen LogP contribution in [0.15, 0.2) is 60.7 Å². The molecule has 0 bridgehead atoms. The molecule has 0 radical (unpaired) electrons. The van der Waals surface area contributed by atoms with Gasteiger partial charge in [0.25, 0.3) is 0 Å². The van der Waals surface area contributed by atoms with E-state index in [0.717, 1.165) is 11.1 Å². The van der Waals surface area contributed by atoms with E-state index in [4.69, 9.17) is 33.9 Å². The van der Waals surface area contributed by atoms with Gasteiger partial charge in [-0.1, -0.05) is 60.7 Å². The van der Waals surface area contributed by atoms with Crippen molar-refractivity contribution in [3.8, 4) is 0 Å². The van der Waals surface area contributed by atoms with Crippen LogP contribution in [0.3, 0.4) is 0 Å². The Hall–Kier alpha value is -1.08. The van der Waals surface area contributed by atoms with Gasteiger partial charge in [0.15, 0.2) is 0 Å². The van der Waals surface area contributed by atoms with Crippen molar-refractivity contribution in [3.63, 3.8) is 0 Å². The van der Waals surface area contributed by atoms with Gasteiger partial charge in [-0.2, -0.15) is 0 Å². The fourth-order valence-electron chi connectivity index (χ4n) is 2.27. The van der Waals surface area contributed by atoms with Crippen molar-refractivity contribution in [2.45, 2.75) is 17.9 Å². The molecule has 0 aliphatic rings. The van der Waals surface area contributed by atoms with E-state index < -0.39 is 4.08 Å². The fraction of sp³-hybridized carbons (Fsp3) is 0.263. The minimum Gasteiger partial charge on any atom is -0.479 e. The highest BCUT2D eigenvalue weighted by Crippen LogP contribution is 2.53. The maximum atomic E-state index is 5.58. The molecule has 0 amide bonds. The second-order valence-corrected chi connectivity index (χ2v) is 8.81. The van der Waals surface area contributed by atoms with E-state index in [-0.39, 0.29) is 0 Å². The molecule has 132 valence electrons. The minimum atomic E-state index is -0.568. The van der Waals surface area contributed by atoms with Crippen LogP contribution in [0.1, 0.15) is 25.0 Å². The van der Waals surface area contributed by atoms with Crippen molar-refractivity contribution in [2.75, 3.05) is 13.2 Å². The van der Waals surface area contributed by atoms with Crippen LogP contribution in [0.5, 0.6) is 0 Å². The summed E-state index contributed by atoms with van der Waals surface area (Å²) in [5.41, 5.74) is 2.17. The monoisotopic (exact) mass is 408 g/mol. The molecule has 0 heterocycles. The predicted octanol–water partition coefficient (Wildman–Crippen LogP) is 6.00. The van der Waals surface area contributed by atoms with Crippen LogP contribution >= 0.6 is 48.0 Å². The Kier molecular flexibility index (Phi) is 8.22. The number of thiocarbonyl (C=S) groups is 2. The maximum Gasteiger partial charge on any atom is 0.222 e. The second-order valence-electron chi connectivity index (χ2n) is 4.92. The quantitative estimate of drug-likeness (QED) is 0.428. The lowest BCUT2D eigenvalue weighted by atomic mass is 10.0. The normalized spacial score (nSPS) is 11.0. The van der Waals surface area contributed by atoms with E-state index >= 15 is 0 Å². The molecule has 0 N–H and O–H groups in total. The summed E-state index contributed by atoms with van der Waals surface area (Å²) in [4.78, 5) is 0. The van der Waals surface area contributed by atoms with E-state index in [0.29, 0.717) is 22.0 Å². The molecule has 0 spiro atoms. The zero-order chi connectivity index (χ0) is 18.1. The van der Waals surface area contributed by atoms with Crippen LogP contribution in [0.4, 0.5) is 0 Å². The van der Waals surface area contributed by atoms with Crippen LogP contribution in [0.25, 0.3) is 0 Å². The second kappa shape index (κ2) is 10.2. The number of benzene rings is 2. The number of hydrogen-bond donors (Lipinski definition) is 0. The van der Waals surface area contributed by atoms with Gasteiger partial charge in [-0.3, -0.25) is 0 Å². The lowest BCUT2D eigenvalue weighted by Gasteiger charge is -2.33. The summed E-state index contributed by atoms with van der Waals surface area (Å²) in [5.74, 6) is 0. The molecule has 0 saturated heterocycles. The minimum absolute atomic E-state index is 0.488. The Balaban J connectivity index is 2.55. The molecule has 2 rings (SSSR count). The third-order valence-electron chi connectivity index (χ3n) is 3.29. The molecule has 2 nitrogen and oxygen atoms in total. The first kappa shape index (κ1) is 20.2. The highest BCUT2D eigenvalue weighted by molar-refractivity contribution is 8.36. The average molecular weight is 409 g/mol. The molecule has 0 saturated carbocycles. The first-order valence-corrected chi connectivity index (χ1v) is 10.4. The molecule has 0 aliphatic heterocycles. The Labute approximate surface area is 168 Å². The number of thioether (sulfide) groups is 2. The third kappa shape index (κ3) is 5.45. The van der Waals surface area contributed by atoms with E-state index in [1.54, 1.807) is 0 Å². The number of rotatable bonds is 6. The summed E-state index contributed by atoms with van der Waals surface area (Å²) in [5, 5.41) is 0. The lowest BCUT2D eigenvalue weighted by Crippen LogP contribution is -2.24. The smallest absolute Gasteiger partial charge is 0.222 e. The van der Waals surface area contributed by atoms with Crippen LogP contribution in [0, 0.1) is 0 Å². The van der Waals surface area contributed by atoms with Gasteiger partial charge in [-0.15, -0.1) is 0 Å². The topological polar surface area (TPSA) is 18.5 Å². The van der Waals surface area contributed by atoms with Crippen molar-refractivity contribution >= 4 is 56.7 Å². The standard InChI is InChI=1S/C19H20O2S4/c1-3-20-17(22)24-19(25-18(23)21-4-2,15-11-7-5-8-12-15)16-13-9-6-10-14-16/h5-14H,3-4H2,1-2H3. The summed E-state index contributed by atoms with van der Waals surface area (Å²) in [6.07, 6.45) is 0.